The molecule has 1 aliphatic heterocycles. The summed E-state index contributed by atoms with van der Waals surface area (Å²) in [6, 6.07) is -0.586. The molecule has 0 aromatic rings. The van der Waals surface area contributed by atoms with Crippen molar-refractivity contribution in [2.24, 2.45) is 5.92 Å². The van der Waals surface area contributed by atoms with Crippen molar-refractivity contribution in [2.75, 3.05) is 6.54 Å². The Morgan fingerprint density at radius 3 is 2.59 bits per heavy atom. The Bertz CT molecular complexity index is 313. The molecule has 2 aliphatic rings. The van der Waals surface area contributed by atoms with E-state index in [9.17, 15) is 9.59 Å². The lowest BCUT2D eigenvalue weighted by Crippen LogP contribution is -2.62. The summed E-state index contributed by atoms with van der Waals surface area (Å²) in [6.07, 6.45) is 5.35. The first kappa shape index (κ1) is 12.4. The highest BCUT2D eigenvalue weighted by Gasteiger charge is 2.38. The number of carbonyl (C=O) groups is 2. The fraction of sp³-hybridized carbons (Fsp3) is 0.846. The molecular formula is C13H22N2O2. The SMILES string of the molecule is CCCC1C(=O)NC(C)C(=O)N1CCC1CC1. The minimum atomic E-state index is -0.352. The van der Waals surface area contributed by atoms with E-state index in [2.05, 4.69) is 12.2 Å². The van der Waals surface area contributed by atoms with Crippen LogP contribution in [-0.2, 0) is 9.59 Å². The number of nitrogens with one attached hydrogen (secondary N) is 1. The highest BCUT2D eigenvalue weighted by atomic mass is 16.2. The first-order chi connectivity index (χ1) is 8.13. The van der Waals surface area contributed by atoms with Gasteiger partial charge < -0.3 is 10.2 Å². The third kappa shape index (κ3) is 2.79. The van der Waals surface area contributed by atoms with Crippen LogP contribution < -0.4 is 5.32 Å². The van der Waals surface area contributed by atoms with E-state index in [-0.39, 0.29) is 23.9 Å². The van der Waals surface area contributed by atoms with Gasteiger partial charge in [-0.15, -0.1) is 0 Å². The van der Waals surface area contributed by atoms with Crippen LogP contribution in [0.3, 0.4) is 0 Å². The smallest absolute Gasteiger partial charge is 0.245 e. The van der Waals surface area contributed by atoms with Gasteiger partial charge in [-0.3, -0.25) is 9.59 Å². The molecule has 2 rings (SSSR count). The molecule has 4 heteroatoms. The topological polar surface area (TPSA) is 49.4 Å². The molecule has 0 spiro atoms. The fourth-order valence-corrected chi connectivity index (χ4v) is 2.47. The molecule has 0 aromatic carbocycles. The molecule has 0 radical (unpaired) electrons. The Hall–Kier alpha value is -1.06. The molecule has 0 bridgehead atoms. The van der Waals surface area contributed by atoms with Crippen LogP contribution in [0.4, 0.5) is 0 Å². The Kier molecular flexibility index (Phi) is 3.69. The second-order valence-corrected chi connectivity index (χ2v) is 5.30. The van der Waals surface area contributed by atoms with E-state index in [0.717, 1.165) is 31.7 Å². The molecule has 2 fully saturated rings. The van der Waals surface area contributed by atoms with Crippen molar-refractivity contribution < 1.29 is 9.59 Å². The van der Waals surface area contributed by atoms with E-state index in [0.29, 0.717) is 0 Å². The number of nitrogens with zero attached hydrogens (tertiary/aromatic N) is 1. The van der Waals surface area contributed by atoms with Gasteiger partial charge in [-0.05, 0) is 25.7 Å². The molecule has 0 aromatic heterocycles. The van der Waals surface area contributed by atoms with E-state index in [1.54, 1.807) is 6.92 Å². The van der Waals surface area contributed by atoms with E-state index in [4.69, 9.17) is 0 Å². The van der Waals surface area contributed by atoms with Crippen LogP contribution in [0.15, 0.2) is 0 Å². The van der Waals surface area contributed by atoms with E-state index >= 15 is 0 Å². The van der Waals surface area contributed by atoms with Gasteiger partial charge >= 0.3 is 0 Å². The zero-order valence-electron chi connectivity index (χ0n) is 10.7. The summed E-state index contributed by atoms with van der Waals surface area (Å²) in [5, 5.41) is 2.77. The molecule has 1 saturated heterocycles. The Morgan fingerprint density at radius 1 is 1.29 bits per heavy atom. The molecule has 17 heavy (non-hydrogen) atoms. The summed E-state index contributed by atoms with van der Waals surface area (Å²) in [5.41, 5.74) is 0. The Morgan fingerprint density at radius 2 is 2.00 bits per heavy atom. The van der Waals surface area contributed by atoms with Crippen molar-refractivity contribution in [3.63, 3.8) is 0 Å². The van der Waals surface area contributed by atoms with Gasteiger partial charge in [-0.1, -0.05) is 26.2 Å². The number of piperazine rings is 1. The quantitative estimate of drug-likeness (QED) is 0.785. The van der Waals surface area contributed by atoms with Gasteiger partial charge in [-0.25, -0.2) is 0 Å². The highest BCUT2D eigenvalue weighted by molar-refractivity contribution is 5.96. The number of hydrogen-bond acceptors (Lipinski definition) is 2. The van der Waals surface area contributed by atoms with Gasteiger partial charge in [-0.2, -0.15) is 0 Å². The van der Waals surface area contributed by atoms with Crippen LogP contribution in [0.25, 0.3) is 0 Å². The Balaban J connectivity index is 2.01. The lowest BCUT2D eigenvalue weighted by Gasteiger charge is -2.38. The minimum Gasteiger partial charge on any atom is -0.343 e. The van der Waals surface area contributed by atoms with Crippen LogP contribution in [-0.4, -0.2) is 35.3 Å². The summed E-state index contributed by atoms with van der Waals surface area (Å²) < 4.78 is 0. The van der Waals surface area contributed by atoms with Crippen LogP contribution in [0.5, 0.6) is 0 Å². The van der Waals surface area contributed by atoms with Crippen molar-refractivity contribution in [1.82, 2.24) is 10.2 Å². The average molecular weight is 238 g/mol. The Labute approximate surface area is 103 Å². The molecule has 1 N–H and O–H groups in total. The zero-order valence-corrected chi connectivity index (χ0v) is 10.7. The van der Waals surface area contributed by atoms with Crippen molar-refractivity contribution in [3.05, 3.63) is 0 Å². The number of carbonyl (C=O) groups excluding carboxylic acids is 2. The van der Waals surface area contributed by atoms with Crippen molar-refractivity contribution in [1.29, 1.82) is 0 Å². The predicted octanol–water partition coefficient (Wildman–Crippen LogP) is 1.30. The minimum absolute atomic E-state index is 0.0229. The maximum atomic E-state index is 12.1. The van der Waals surface area contributed by atoms with Crippen molar-refractivity contribution >= 4 is 11.8 Å². The normalized spacial score (nSPS) is 29.4. The lowest BCUT2D eigenvalue weighted by atomic mass is 10.0. The molecular weight excluding hydrogens is 216 g/mol. The average Bonchev–Trinajstić information content (AvgIpc) is 3.09. The van der Waals surface area contributed by atoms with Crippen molar-refractivity contribution in [2.45, 2.75) is 58.0 Å². The van der Waals surface area contributed by atoms with Crippen LogP contribution >= 0.6 is 0 Å². The lowest BCUT2D eigenvalue weighted by molar-refractivity contribution is -0.149. The largest absolute Gasteiger partial charge is 0.343 e. The molecule has 1 heterocycles. The van der Waals surface area contributed by atoms with E-state index in [1.807, 2.05) is 4.90 Å². The molecule has 96 valence electrons. The number of rotatable bonds is 5. The summed E-state index contributed by atoms with van der Waals surface area (Å²) in [5.74, 6) is 0.906. The zero-order chi connectivity index (χ0) is 12.4. The third-order valence-corrected chi connectivity index (χ3v) is 3.73. The predicted molar refractivity (Wildman–Crippen MR) is 65.4 cm³/mol. The van der Waals surface area contributed by atoms with Gasteiger partial charge in [0.2, 0.25) is 11.8 Å². The maximum absolute atomic E-state index is 12.1. The van der Waals surface area contributed by atoms with Gasteiger partial charge in [0.15, 0.2) is 0 Å². The second kappa shape index (κ2) is 5.07. The molecule has 2 amide bonds. The first-order valence-corrected chi connectivity index (χ1v) is 6.74. The summed E-state index contributed by atoms with van der Waals surface area (Å²) in [7, 11) is 0. The molecule has 1 aliphatic carbocycles. The summed E-state index contributed by atoms with van der Waals surface area (Å²) >= 11 is 0. The van der Waals surface area contributed by atoms with Gasteiger partial charge in [0.05, 0.1) is 0 Å². The van der Waals surface area contributed by atoms with Gasteiger partial charge in [0.1, 0.15) is 12.1 Å². The monoisotopic (exact) mass is 238 g/mol. The van der Waals surface area contributed by atoms with E-state index in [1.165, 1.54) is 12.8 Å². The van der Waals surface area contributed by atoms with Crippen LogP contribution in [0, 0.1) is 5.92 Å². The summed E-state index contributed by atoms with van der Waals surface area (Å²) in [4.78, 5) is 25.8. The van der Waals surface area contributed by atoms with Crippen LogP contribution in [0.2, 0.25) is 0 Å². The third-order valence-electron chi connectivity index (χ3n) is 3.73. The standard InChI is InChI=1S/C13H22N2O2/c1-3-4-11-12(16)14-9(2)13(17)15(11)8-7-10-5-6-10/h9-11H,3-8H2,1-2H3,(H,14,16). The number of hydrogen-bond donors (Lipinski definition) is 1. The van der Waals surface area contributed by atoms with Gasteiger partial charge in [0, 0.05) is 6.54 Å². The number of amides is 2. The van der Waals surface area contributed by atoms with E-state index < -0.39 is 0 Å². The van der Waals surface area contributed by atoms with Crippen molar-refractivity contribution in [3.8, 4) is 0 Å². The summed E-state index contributed by atoms with van der Waals surface area (Å²) in [6.45, 7) is 4.58. The van der Waals surface area contributed by atoms with Gasteiger partial charge in [0.25, 0.3) is 0 Å². The second-order valence-electron chi connectivity index (χ2n) is 5.30. The highest BCUT2D eigenvalue weighted by Crippen LogP contribution is 2.33. The molecule has 4 nitrogen and oxygen atoms in total. The molecule has 2 atom stereocenters. The van der Waals surface area contributed by atoms with Crippen LogP contribution in [0.1, 0.15) is 46.0 Å². The molecule has 2 unspecified atom stereocenters. The first-order valence-electron chi connectivity index (χ1n) is 6.74. The fourth-order valence-electron chi connectivity index (χ4n) is 2.47. The maximum Gasteiger partial charge on any atom is 0.245 e. The molecule has 1 saturated carbocycles.